The van der Waals surface area contributed by atoms with Crippen molar-refractivity contribution in [2.45, 2.75) is 18.9 Å². The van der Waals surface area contributed by atoms with Crippen molar-refractivity contribution in [1.29, 1.82) is 0 Å². The number of hydrogen-bond acceptors (Lipinski definition) is 6. The number of aliphatic carboxylic acids is 1. The molecule has 7 heteroatoms. The van der Waals surface area contributed by atoms with Crippen molar-refractivity contribution in [2.75, 3.05) is 30.8 Å². The summed E-state index contributed by atoms with van der Waals surface area (Å²) >= 11 is 0. The van der Waals surface area contributed by atoms with Gasteiger partial charge in [0.25, 0.3) is 0 Å². The summed E-state index contributed by atoms with van der Waals surface area (Å²) in [6.07, 6.45) is -0.128. The molecule has 0 fully saturated rings. The lowest BCUT2D eigenvalue weighted by Crippen LogP contribution is -2.45. The normalized spacial score (nSPS) is 16.8. The van der Waals surface area contributed by atoms with Crippen molar-refractivity contribution >= 4 is 23.3 Å². The number of nitrogens with two attached hydrogens (primary N) is 1. The number of nitrogens with zero attached hydrogens (tertiary/aromatic N) is 1. The van der Waals surface area contributed by atoms with Crippen LogP contribution < -0.4 is 15.4 Å². The minimum Gasteiger partial charge on any atom is -0.478 e. The molecule has 0 radical (unpaired) electrons. The van der Waals surface area contributed by atoms with Crippen LogP contribution in [-0.2, 0) is 14.3 Å². The number of fused-ring (bicyclic) bond motifs is 1. The topological polar surface area (TPSA) is 102 Å². The average Bonchev–Trinajstić information content (AvgIpc) is 2.47. The Morgan fingerprint density at radius 3 is 2.95 bits per heavy atom. The minimum absolute atomic E-state index is 0.215. The van der Waals surface area contributed by atoms with Gasteiger partial charge in [-0.1, -0.05) is 6.07 Å². The number of benzene rings is 1. The monoisotopic (exact) mass is 294 g/mol. The number of nitrogen functional groups attached to an aromatic ring is 1. The van der Waals surface area contributed by atoms with Crippen LogP contribution >= 0.6 is 0 Å². The van der Waals surface area contributed by atoms with Crippen molar-refractivity contribution in [1.82, 2.24) is 0 Å². The highest BCUT2D eigenvalue weighted by molar-refractivity contribution is 5.79. The fourth-order valence-corrected chi connectivity index (χ4v) is 2.25. The van der Waals surface area contributed by atoms with E-state index < -0.39 is 12.1 Å². The molecule has 1 aromatic carbocycles. The first-order valence-electron chi connectivity index (χ1n) is 6.62. The number of methoxy groups -OCH3 is 1. The summed E-state index contributed by atoms with van der Waals surface area (Å²) in [7, 11) is 1.34. The summed E-state index contributed by atoms with van der Waals surface area (Å²) < 4.78 is 10.0. The first kappa shape index (κ1) is 15.0. The van der Waals surface area contributed by atoms with E-state index in [0.717, 1.165) is 5.69 Å². The fourth-order valence-electron chi connectivity index (χ4n) is 2.25. The van der Waals surface area contributed by atoms with Gasteiger partial charge in [0.1, 0.15) is 0 Å². The predicted octanol–water partition coefficient (Wildman–Crippen LogP) is 0.874. The van der Waals surface area contributed by atoms with Crippen molar-refractivity contribution in [2.24, 2.45) is 0 Å². The van der Waals surface area contributed by atoms with E-state index in [0.29, 0.717) is 24.4 Å². The van der Waals surface area contributed by atoms with Gasteiger partial charge in [0.05, 0.1) is 25.0 Å². The molecule has 7 nitrogen and oxygen atoms in total. The Hall–Kier alpha value is -2.44. The lowest BCUT2D eigenvalue weighted by molar-refractivity contribution is -0.145. The fraction of sp³-hybridized carbons (Fsp3) is 0.429. The maximum Gasteiger partial charge on any atom is 0.346 e. The SMILES string of the molecule is COC(=O)CCCN1CC(C(=O)O)Oc2c(N)cccc21. The summed E-state index contributed by atoms with van der Waals surface area (Å²) in [5, 5.41) is 9.16. The lowest BCUT2D eigenvalue weighted by atomic mass is 10.1. The Morgan fingerprint density at radius 2 is 2.29 bits per heavy atom. The van der Waals surface area contributed by atoms with Gasteiger partial charge in [-0.2, -0.15) is 0 Å². The van der Waals surface area contributed by atoms with Crippen LogP contribution in [0, 0.1) is 0 Å². The highest BCUT2D eigenvalue weighted by Gasteiger charge is 2.31. The molecule has 0 spiro atoms. The molecule has 21 heavy (non-hydrogen) atoms. The molecule has 1 aliphatic rings. The van der Waals surface area contributed by atoms with Crippen LogP contribution in [0.3, 0.4) is 0 Å². The smallest absolute Gasteiger partial charge is 0.346 e. The third-order valence-corrected chi connectivity index (χ3v) is 3.32. The molecule has 0 bridgehead atoms. The zero-order valence-electron chi connectivity index (χ0n) is 11.7. The van der Waals surface area contributed by atoms with Gasteiger partial charge in [-0.3, -0.25) is 4.79 Å². The van der Waals surface area contributed by atoms with Gasteiger partial charge in [0.2, 0.25) is 6.10 Å². The van der Waals surface area contributed by atoms with Crippen molar-refractivity contribution in [3.8, 4) is 5.75 Å². The van der Waals surface area contributed by atoms with Gasteiger partial charge < -0.3 is 25.2 Å². The quantitative estimate of drug-likeness (QED) is 0.613. The molecule has 1 atom stereocenters. The number of para-hydroxylation sites is 1. The van der Waals surface area contributed by atoms with E-state index in [2.05, 4.69) is 4.74 Å². The third kappa shape index (κ3) is 3.36. The van der Waals surface area contributed by atoms with E-state index in [1.165, 1.54) is 7.11 Å². The first-order valence-corrected chi connectivity index (χ1v) is 6.62. The molecule has 0 amide bonds. The predicted molar refractivity (Wildman–Crippen MR) is 76.4 cm³/mol. The van der Waals surface area contributed by atoms with Gasteiger partial charge in [-0.05, 0) is 18.6 Å². The molecule has 0 aliphatic carbocycles. The van der Waals surface area contributed by atoms with E-state index in [4.69, 9.17) is 15.6 Å². The largest absolute Gasteiger partial charge is 0.478 e. The highest BCUT2D eigenvalue weighted by Crippen LogP contribution is 2.38. The van der Waals surface area contributed by atoms with Gasteiger partial charge in [0.15, 0.2) is 5.75 Å². The maximum absolute atomic E-state index is 11.2. The number of ether oxygens (including phenoxy) is 2. The molecule has 2 rings (SSSR count). The summed E-state index contributed by atoms with van der Waals surface area (Å²) in [6.45, 7) is 0.742. The number of hydrogen-bond donors (Lipinski definition) is 2. The molecular weight excluding hydrogens is 276 g/mol. The van der Waals surface area contributed by atoms with Gasteiger partial charge in [-0.15, -0.1) is 0 Å². The Kier molecular flexibility index (Phi) is 4.52. The molecule has 114 valence electrons. The van der Waals surface area contributed by atoms with Crippen LogP contribution in [0.25, 0.3) is 0 Å². The molecule has 0 saturated heterocycles. The van der Waals surface area contributed by atoms with Crippen LogP contribution in [-0.4, -0.2) is 43.3 Å². The van der Waals surface area contributed by atoms with E-state index in [-0.39, 0.29) is 18.9 Å². The van der Waals surface area contributed by atoms with Crippen LogP contribution in [0.15, 0.2) is 18.2 Å². The Labute approximate surface area is 122 Å². The number of carboxylic acids is 1. The Morgan fingerprint density at radius 1 is 1.52 bits per heavy atom. The first-order chi connectivity index (χ1) is 10.0. The van der Waals surface area contributed by atoms with Crippen molar-refractivity contribution < 1.29 is 24.2 Å². The lowest BCUT2D eigenvalue weighted by Gasteiger charge is -2.35. The van der Waals surface area contributed by atoms with Crippen LogP contribution in [0.5, 0.6) is 5.75 Å². The second-order valence-electron chi connectivity index (χ2n) is 4.77. The number of anilines is 2. The zero-order valence-corrected chi connectivity index (χ0v) is 11.7. The average molecular weight is 294 g/mol. The summed E-state index contributed by atoms with van der Waals surface area (Å²) in [5.74, 6) is -0.943. The minimum atomic E-state index is -1.04. The maximum atomic E-state index is 11.2. The number of carbonyl (C=O) groups excluding carboxylic acids is 1. The van der Waals surface area contributed by atoms with Crippen molar-refractivity contribution in [3.05, 3.63) is 18.2 Å². The molecule has 1 aromatic rings. The molecule has 0 aromatic heterocycles. The molecule has 3 N–H and O–H groups in total. The standard InChI is InChI=1S/C14H18N2O5/c1-20-12(17)6-3-7-16-8-11(14(18)19)21-13-9(15)4-2-5-10(13)16/h2,4-5,11H,3,6-8,15H2,1H3,(H,18,19). The number of carbonyl (C=O) groups is 2. The van der Waals surface area contributed by atoms with Crippen LogP contribution in [0.1, 0.15) is 12.8 Å². The van der Waals surface area contributed by atoms with Crippen LogP contribution in [0.2, 0.25) is 0 Å². The van der Waals surface area contributed by atoms with E-state index >= 15 is 0 Å². The molecule has 1 aliphatic heterocycles. The zero-order chi connectivity index (χ0) is 15.4. The molecule has 0 saturated carbocycles. The Bertz CT molecular complexity index is 546. The van der Waals surface area contributed by atoms with Gasteiger partial charge >= 0.3 is 11.9 Å². The second-order valence-corrected chi connectivity index (χ2v) is 4.77. The van der Waals surface area contributed by atoms with E-state index in [1.54, 1.807) is 12.1 Å². The Balaban J connectivity index is 2.14. The van der Waals surface area contributed by atoms with Crippen molar-refractivity contribution in [3.63, 3.8) is 0 Å². The van der Waals surface area contributed by atoms with Gasteiger partial charge in [0, 0.05) is 13.0 Å². The number of carboxylic acid groups (broad SMARTS) is 1. The molecule has 1 unspecified atom stereocenters. The highest BCUT2D eigenvalue weighted by atomic mass is 16.5. The summed E-state index contributed by atoms with van der Waals surface area (Å²) in [6, 6.07) is 5.27. The number of rotatable bonds is 5. The molecular formula is C14H18N2O5. The van der Waals surface area contributed by atoms with Crippen LogP contribution in [0.4, 0.5) is 11.4 Å². The number of esters is 1. The molecule has 1 heterocycles. The second kappa shape index (κ2) is 6.34. The van der Waals surface area contributed by atoms with E-state index in [1.807, 2.05) is 11.0 Å². The van der Waals surface area contributed by atoms with Gasteiger partial charge in [-0.25, -0.2) is 4.79 Å². The summed E-state index contributed by atoms with van der Waals surface area (Å²) in [4.78, 5) is 24.2. The third-order valence-electron chi connectivity index (χ3n) is 3.32. The summed E-state index contributed by atoms with van der Waals surface area (Å²) in [5.41, 5.74) is 6.99. The van der Waals surface area contributed by atoms with E-state index in [9.17, 15) is 9.59 Å².